The Morgan fingerprint density at radius 3 is 2.80 bits per heavy atom. The van der Waals surface area contributed by atoms with E-state index in [0.29, 0.717) is 16.8 Å². The minimum Gasteiger partial charge on any atom is -0.366 e. The first kappa shape index (κ1) is 14.2. The maximum atomic E-state index is 12.0. The van der Waals surface area contributed by atoms with E-state index in [4.69, 9.17) is 5.73 Å². The van der Waals surface area contributed by atoms with Crippen LogP contribution in [-0.4, -0.2) is 24.5 Å². The van der Waals surface area contributed by atoms with E-state index < -0.39 is 15.9 Å². The van der Waals surface area contributed by atoms with Gasteiger partial charge in [0, 0.05) is 12.1 Å². The van der Waals surface area contributed by atoms with Crippen LogP contribution in [0.2, 0.25) is 0 Å². The van der Waals surface area contributed by atoms with Gasteiger partial charge in [-0.15, -0.1) is 0 Å². The van der Waals surface area contributed by atoms with Crippen molar-refractivity contribution in [1.82, 2.24) is 14.9 Å². The van der Waals surface area contributed by atoms with Gasteiger partial charge in [0.1, 0.15) is 4.90 Å². The van der Waals surface area contributed by atoms with Crippen LogP contribution in [0.4, 0.5) is 0 Å². The van der Waals surface area contributed by atoms with Gasteiger partial charge in [-0.05, 0) is 24.6 Å². The monoisotopic (exact) mass is 294 g/mol. The number of nitrogens with one attached hydrogen (secondary N) is 2. The second kappa shape index (κ2) is 5.43. The quantitative estimate of drug-likeness (QED) is 0.734. The van der Waals surface area contributed by atoms with Crippen molar-refractivity contribution in [2.24, 2.45) is 5.73 Å². The second-order valence-corrected chi connectivity index (χ2v) is 5.98. The molecule has 0 aliphatic rings. The molecule has 7 nitrogen and oxygen atoms in total. The molecule has 1 amide bonds. The number of amides is 1. The van der Waals surface area contributed by atoms with E-state index in [-0.39, 0.29) is 11.4 Å². The standard InChI is InChI=1S/C12H14N4O3S/c1-8-11(7-14-16-8)20(18,19)15-6-9-3-2-4-10(5-9)12(13)17/h2-5,7,15H,6H2,1H3,(H2,13,17)(H,14,16). The predicted octanol–water partition coefficient (Wildman–Crippen LogP) is 0.296. The molecule has 20 heavy (non-hydrogen) atoms. The summed E-state index contributed by atoms with van der Waals surface area (Å²) in [5, 5.41) is 6.24. The molecule has 0 bridgehead atoms. The lowest BCUT2D eigenvalue weighted by Crippen LogP contribution is -2.23. The van der Waals surface area contributed by atoms with Gasteiger partial charge in [0.2, 0.25) is 15.9 Å². The molecule has 0 atom stereocenters. The Morgan fingerprint density at radius 2 is 2.20 bits per heavy atom. The van der Waals surface area contributed by atoms with Gasteiger partial charge in [-0.1, -0.05) is 12.1 Å². The molecule has 106 valence electrons. The SMILES string of the molecule is Cc1[nH]ncc1S(=O)(=O)NCc1cccc(C(N)=O)c1. The second-order valence-electron chi connectivity index (χ2n) is 4.25. The topological polar surface area (TPSA) is 118 Å². The molecule has 2 aromatic rings. The highest BCUT2D eigenvalue weighted by molar-refractivity contribution is 7.89. The smallest absolute Gasteiger partial charge is 0.248 e. The fraction of sp³-hybridized carbons (Fsp3) is 0.167. The van der Waals surface area contributed by atoms with Gasteiger partial charge in [-0.2, -0.15) is 5.10 Å². The number of carbonyl (C=O) groups excluding carboxylic acids is 1. The number of aromatic amines is 1. The summed E-state index contributed by atoms with van der Waals surface area (Å²) in [5.74, 6) is -0.555. The number of primary amides is 1. The van der Waals surface area contributed by atoms with Gasteiger partial charge in [-0.3, -0.25) is 9.89 Å². The van der Waals surface area contributed by atoms with Crippen LogP contribution < -0.4 is 10.5 Å². The third kappa shape index (κ3) is 3.03. The van der Waals surface area contributed by atoms with E-state index in [1.54, 1.807) is 31.2 Å². The number of nitrogens with two attached hydrogens (primary N) is 1. The van der Waals surface area contributed by atoms with Crippen molar-refractivity contribution in [1.29, 1.82) is 0 Å². The number of benzene rings is 1. The third-order valence-electron chi connectivity index (χ3n) is 2.75. The number of H-pyrrole nitrogens is 1. The summed E-state index contributed by atoms with van der Waals surface area (Å²) in [7, 11) is -3.64. The van der Waals surface area contributed by atoms with E-state index in [1.165, 1.54) is 6.20 Å². The highest BCUT2D eigenvalue weighted by Gasteiger charge is 2.18. The van der Waals surface area contributed by atoms with Crippen molar-refractivity contribution in [3.8, 4) is 0 Å². The van der Waals surface area contributed by atoms with Gasteiger partial charge in [0.05, 0.1) is 11.9 Å². The van der Waals surface area contributed by atoms with Crippen LogP contribution in [0.5, 0.6) is 0 Å². The Kier molecular flexibility index (Phi) is 3.86. The lowest BCUT2D eigenvalue weighted by Gasteiger charge is -2.06. The number of hydrogen-bond acceptors (Lipinski definition) is 4. The zero-order chi connectivity index (χ0) is 14.8. The van der Waals surface area contributed by atoms with Crippen molar-refractivity contribution < 1.29 is 13.2 Å². The Balaban J connectivity index is 2.15. The summed E-state index contributed by atoms with van der Waals surface area (Å²) in [5.41, 5.74) is 6.61. The summed E-state index contributed by atoms with van der Waals surface area (Å²) >= 11 is 0. The average molecular weight is 294 g/mol. The van der Waals surface area contributed by atoms with E-state index >= 15 is 0 Å². The van der Waals surface area contributed by atoms with Gasteiger partial charge in [-0.25, -0.2) is 13.1 Å². The largest absolute Gasteiger partial charge is 0.366 e. The Hall–Kier alpha value is -2.19. The number of rotatable bonds is 5. The molecule has 0 saturated carbocycles. The van der Waals surface area contributed by atoms with Crippen molar-refractivity contribution in [3.05, 3.63) is 47.3 Å². The van der Waals surface area contributed by atoms with Crippen LogP contribution in [0.1, 0.15) is 21.6 Å². The summed E-state index contributed by atoms with van der Waals surface area (Å²) < 4.78 is 26.5. The molecular weight excluding hydrogens is 280 g/mol. The molecule has 8 heteroatoms. The van der Waals surface area contributed by atoms with Crippen molar-refractivity contribution in [2.45, 2.75) is 18.4 Å². The number of carbonyl (C=O) groups is 1. The zero-order valence-corrected chi connectivity index (χ0v) is 11.6. The molecule has 4 N–H and O–H groups in total. The molecule has 1 heterocycles. The van der Waals surface area contributed by atoms with Crippen LogP contribution in [0.3, 0.4) is 0 Å². The van der Waals surface area contributed by atoms with Crippen LogP contribution in [0.25, 0.3) is 0 Å². The van der Waals surface area contributed by atoms with Gasteiger partial charge < -0.3 is 5.73 Å². The fourth-order valence-electron chi connectivity index (χ4n) is 1.70. The molecule has 0 radical (unpaired) electrons. The summed E-state index contributed by atoms with van der Waals surface area (Å²) in [6, 6.07) is 6.47. The minimum atomic E-state index is -3.64. The molecular formula is C12H14N4O3S. The van der Waals surface area contributed by atoms with Crippen LogP contribution in [-0.2, 0) is 16.6 Å². The maximum absolute atomic E-state index is 12.0. The van der Waals surface area contributed by atoms with Crippen molar-refractivity contribution in [3.63, 3.8) is 0 Å². The van der Waals surface area contributed by atoms with E-state index in [9.17, 15) is 13.2 Å². The molecule has 2 rings (SSSR count). The van der Waals surface area contributed by atoms with Gasteiger partial charge in [0.25, 0.3) is 0 Å². The summed E-state index contributed by atoms with van der Waals surface area (Å²) in [6.45, 7) is 1.68. The highest BCUT2D eigenvalue weighted by atomic mass is 32.2. The first-order valence-electron chi connectivity index (χ1n) is 5.78. The van der Waals surface area contributed by atoms with E-state index in [2.05, 4.69) is 14.9 Å². The zero-order valence-electron chi connectivity index (χ0n) is 10.8. The fourth-order valence-corrected chi connectivity index (χ4v) is 2.85. The lowest BCUT2D eigenvalue weighted by atomic mass is 10.1. The summed E-state index contributed by atoms with van der Waals surface area (Å²) in [4.78, 5) is 11.2. The molecule has 0 unspecified atom stereocenters. The number of hydrogen-bond donors (Lipinski definition) is 3. The van der Waals surface area contributed by atoms with Gasteiger partial charge >= 0.3 is 0 Å². The predicted molar refractivity (Wildman–Crippen MR) is 72.3 cm³/mol. The normalized spacial score (nSPS) is 11.4. The molecule has 0 aliphatic heterocycles. The van der Waals surface area contributed by atoms with Crippen LogP contribution in [0.15, 0.2) is 35.4 Å². The lowest BCUT2D eigenvalue weighted by molar-refractivity contribution is 0.1000. The molecule has 0 fully saturated rings. The Labute approximate surface area is 116 Å². The minimum absolute atomic E-state index is 0.0636. The van der Waals surface area contributed by atoms with Gasteiger partial charge in [0.15, 0.2) is 0 Å². The molecule has 1 aromatic heterocycles. The molecule has 0 spiro atoms. The van der Waals surface area contributed by atoms with Crippen LogP contribution >= 0.6 is 0 Å². The number of nitrogens with zero attached hydrogens (tertiary/aromatic N) is 1. The number of aromatic nitrogens is 2. The molecule has 0 saturated heterocycles. The number of sulfonamides is 1. The average Bonchev–Trinajstić information content (AvgIpc) is 2.84. The van der Waals surface area contributed by atoms with E-state index in [0.717, 1.165) is 0 Å². The molecule has 1 aromatic carbocycles. The third-order valence-corrected chi connectivity index (χ3v) is 4.27. The first-order chi connectivity index (χ1) is 9.40. The number of aryl methyl sites for hydroxylation is 1. The highest BCUT2D eigenvalue weighted by Crippen LogP contribution is 2.12. The Morgan fingerprint density at radius 1 is 1.45 bits per heavy atom. The van der Waals surface area contributed by atoms with Crippen LogP contribution in [0, 0.1) is 6.92 Å². The van der Waals surface area contributed by atoms with Crippen molar-refractivity contribution >= 4 is 15.9 Å². The first-order valence-corrected chi connectivity index (χ1v) is 7.27. The maximum Gasteiger partial charge on any atom is 0.248 e. The van der Waals surface area contributed by atoms with Crippen molar-refractivity contribution in [2.75, 3.05) is 0 Å². The van der Waals surface area contributed by atoms with E-state index in [1.807, 2.05) is 0 Å². The summed E-state index contributed by atoms with van der Waals surface area (Å²) in [6.07, 6.45) is 1.25. The Bertz CT molecular complexity index is 737. The molecule has 0 aliphatic carbocycles.